The van der Waals surface area contributed by atoms with E-state index in [2.05, 4.69) is 10.4 Å². The van der Waals surface area contributed by atoms with Gasteiger partial charge in [0.2, 0.25) is 11.8 Å². The van der Waals surface area contributed by atoms with E-state index in [9.17, 15) is 9.59 Å². The monoisotopic (exact) mass is 278 g/mol. The van der Waals surface area contributed by atoms with Crippen molar-refractivity contribution in [2.75, 3.05) is 0 Å². The van der Waals surface area contributed by atoms with Crippen LogP contribution in [0.4, 0.5) is 0 Å². The molecule has 1 unspecified atom stereocenters. The number of piperazine rings is 1. The van der Waals surface area contributed by atoms with E-state index in [-0.39, 0.29) is 11.8 Å². The molecule has 2 rings (SSSR count). The fourth-order valence-corrected chi connectivity index (χ4v) is 2.55. The van der Waals surface area contributed by atoms with Crippen LogP contribution in [0.5, 0.6) is 0 Å². The van der Waals surface area contributed by atoms with Crippen molar-refractivity contribution >= 4 is 11.8 Å². The van der Waals surface area contributed by atoms with Crippen molar-refractivity contribution < 1.29 is 9.59 Å². The number of aromatic nitrogens is 2. The Morgan fingerprint density at radius 3 is 2.65 bits per heavy atom. The summed E-state index contributed by atoms with van der Waals surface area (Å²) in [5, 5.41) is 7.10. The smallest absolute Gasteiger partial charge is 0.248 e. The average molecular weight is 278 g/mol. The van der Waals surface area contributed by atoms with Crippen LogP contribution in [-0.2, 0) is 23.2 Å². The summed E-state index contributed by atoms with van der Waals surface area (Å²) in [6.45, 7) is 5.86. The first-order valence-corrected chi connectivity index (χ1v) is 6.96. The largest absolute Gasteiger partial charge is 0.340 e. The molecule has 1 fully saturated rings. The molecule has 6 heteroatoms. The lowest BCUT2D eigenvalue weighted by Gasteiger charge is -2.42. The molecular weight excluding hydrogens is 256 g/mol. The summed E-state index contributed by atoms with van der Waals surface area (Å²) in [6.07, 6.45) is 3.36. The van der Waals surface area contributed by atoms with Gasteiger partial charge in [0.15, 0.2) is 0 Å². The van der Waals surface area contributed by atoms with Gasteiger partial charge in [0.1, 0.15) is 11.6 Å². The minimum absolute atomic E-state index is 0.0544. The van der Waals surface area contributed by atoms with Crippen LogP contribution in [-0.4, -0.2) is 38.1 Å². The Kier molecular flexibility index (Phi) is 3.83. The van der Waals surface area contributed by atoms with Gasteiger partial charge in [-0.25, -0.2) is 0 Å². The molecular formula is C14H22N4O2. The maximum atomic E-state index is 12.6. The van der Waals surface area contributed by atoms with E-state index in [0.29, 0.717) is 13.0 Å². The fraction of sp³-hybridized carbons (Fsp3) is 0.643. The highest BCUT2D eigenvalue weighted by molar-refractivity contribution is 5.99. The van der Waals surface area contributed by atoms with Gasteiger partial charge in [0, 0.05) is 13.2 Å². The summed E-state index contributed by atoms with van der Waals surface area (Å²) < 4.78 is 1.70. The molecule has 1 aromatic rings. The van der Waals surface area contributed by atoms with Crippen molar-refractivity contribution in [3.05, 3.63) is 18.0 Å². The van der Waals surface area contributed by atoms with Crippen LogP contribution in [0.25, 0.3) is 0 Å². The van der Waals surface area contributed by atoms with E-state index in [1.165, 1.54) is 0 Å². The van der Waals surface area contributed by atoms with E-state index >= 15 is 0 Å². The molecule has 1 saturated heterocycles. The third-order valence-electron chi connectivity index (χ3n) is 3.57. The summed E-state index contributed by atoms with van der Waals surface area (Å²) in [4.78, 5) is 26.4. The first-order chi connectivity index (χ1) is 9.35. The molecule has 20 heavy (non-hydrogen) atoms. The van der Waals surface area contributed by atoms with Crippen LogP contribution in [0.15, 0.2) is 12.3 Å². The number of carbonyl (C=O) groups excluding carboxylic acids is 2. The summed E-state index contributed by atoms with van der Waals surface area (Å²) in [5.74, 6) is -0.131. The number of rotatable bonds is 4. The number of nitrogens with zero attached hydrogens (tertiary/aromatic N) is 3. The number of nitrogens with one attached hydrogen (secondary N) is 1. The van der Waals surface area contributed by atoms with Crippen molar-refractivity contribution in [2.24, 2.45) is 7.05 Å². The van der Waals surface area contributed by atoms with Crippen molar-refractivity contribution in [1.82, 2.24) is 20.0 Å². The Morgan fingerprint density at radius 2 is 2.10 bits per heavy atom. The molecule has 1 aliphatic rings. The van der Waals surface area contributed by atoms with Gasteiger partial charge < -0.3 is 10.2 Å². The molecule has 0 radical (unpaired) electrons. The second kappa shape index (κ2) is 5.26. The third kappa shape index (κ3) is 2.69. The van der Waals surface area contributed by atoms with Gasteiger partial charge in [-0.3, -0.25) is 14.3 Å². The lowest BCUT2D eigenvalue weighted by Crippen LogP contribution is -2.67. The quantitative estimate of drug-likeness (QED) is 0.887. The summed E-state index contributed by atoms with van der Waals surface area (Å²) in [6, 6.07) is 1.47. The normalized spacial score (nSPS) is 22.0. The number of hydrogen-bond acceptors (Lipinski definition) is 3. The van der Waals surface area contributed by atoms with Crippen LogP contribution >= 0.6 is 0 Å². The van der Waals surface area contributed by atoms with Crippen LogP contribution in [0.2, 0.25) is 0 Å². The van der Waals surface area contributed by atoms with Crippen molar-refractivity contribution in [3.63, 3.8) is 0 Å². The van der Waals surface area contributed by atoms with Crippen LogP contribution in [0.1, 0.15) is 39.3 Å². The second-order valence-electron chi connectivity index (χ2n) is 5.83. The van der Waals surface area contributed by atoms with E-state index in [0.717, 1.165) is 12.1 Å². The van der Waals surface area contributed by atoms with Gasteiger partial charge in [-0.15, -0.1) is 0 Å². The van der Waals surface area contributed by atoms with Crippen molar-refractivity contribution in [1.29, 1.82) is 0 Å². The molecule has 0 spiro atoms. The van der Waals surface area contributed by atoms with Gasteiger partial charge >= 0.3 is 0 Å². The first-order valence-electron chi connectivity index (χ1n) is 6.96. The molecule has 0 saturated carbocycles. The van der Waals surface area contributed by atoms with Crippen LogP contribution in [0.3, 0.4) is 0 Å². The lowest BCUT2D eigenvalue weighted by atomic mass is 9.94. The molecule has 0 aliphatic carbocycles. The summed E-state index contributed by atoms with van der Waals surface area (Å²) in [5.41, 5.74) is -0.0525. The highest BCUT2D eigenvalue weighted by Crippen LogP contribution is 2.22. The zero-order chi connectivity index (χ0) is 14.9. The SMILES string of the molecule is CCCC1C(=O)NC(C)(C)C(=O)N1Cc1ccn(C)n1. The van der Waals surface area contributed by atoms with Gasteiger partial charge in [-0.1, -0.05) is 13.3 Å². The number of hydrogen-bond donors (Lipinski definition) is 1. The standard InChI is InChI=1S/C14H22N4O2/c1-5-6-11-12(19)15-14(2,3)13(20)18(11)9-10-7-8-17(4)16-10/h7-8,11H,5-6,9H2,1-4H3,(H,15,19). The van der Waals surface area contributed by atoms with E-state index in [1.54, 1.807) is 23.4 Å². The number of amides is 2. The minimum Gasteiger partial charge on any atom is -0.340 e. The predicted octanol–water partition coefficient (Wildman–Crippen LogP) is 0.826. The minimum atomic E-state index is -0.851. The topological polar surface area (TPSA) is 67.2 Å². The maximum absolute atomic E-state index is 12.6. The lowest BCUT2D eigenvalue weighted by molar-refractivity contribution is -0.154. The maximum Gasteiger partial charge on any atom is 0.248 e. The van der Waals surface area contributed by atoms with E-state index < -0.39 is 11.6 Å². The highest BCUT2D eigenvalue weighted by atomic mass is 16.2. The average Bonchev–Trinajstić information content (AvgIpc) is 2.76. The molecule has 2 heterocycles. The zero-order valence-electron chi connectivity index (χ0n) is 12.5. The Morgan fingerprint density at radius 1 is 1.40 bits per heavy atom. The molecule has 0 bridgehead atoms. The number of aryl methyl sites for hydroxylation is 1. The Hall–Kier alpha value is -1.85. The molecule has 0 aromatic carbocycles. The molecule has 1 aromatic heterocycles. The van der Waals surface area contributed by atoms with E-state index in [1.807, 2.05) is 26.2 Å². The first kappa shape index (κ1) is 14.6. The van der Waals surface area contributed by atoms with Crippen LogP contribution in [0, 0.1) is 0 Å². The Labute approximate surface area is 119 Å². The van der Waals surface area contributed by atoms with Gasteiger partial charge in [0.05, 0.1) is 12.2 Å². The van der Waals surface area contributed by atoms with Crippen molar-refractivity contribution in [3.8, 4) is 0 Å². The van der Waals surface area contributed by atoms with Crippen molar-refractivity contribution in [2.45, 2.75) is 51.7 Å². The summed E-state index contributed by atoms with van der Waals surface area (Å²) in [7, 11) is 1.84. The highest BCUT2D eigenvalue weighted by Gasteiger charge is 2.44. The molecule has 1 atom stereocenters. The van der Waals surface area contributed by atoms with Gasteiger partial charge in [-0.05, 0) is 26.3 Å². The predicted molar refractivity (Wildman–Crippen MR) is 74.7 cm³/mol. The summed E-state index contributed by atoms with van der Waals surface area (Å²) >= 11 is 0. The fourth-order valence-electron chi connectivity index (χ4n) is 2.55. The molecule has 6 nitrogen and oxygen atoms in total. The number of carbonyl (C=O) groups is 2. The molecule has 2 amide bonds. The Balaban J connectivity index is 2.27. The molecule has 1 aliphatic heterocycles. The molecule has 110 valence electrons. The third-order valence-corrected chi connectivity index (χ3v) is 3.57. The van der Waals surface area contributed by atoms with Gasteiger partial charge in [-0.2, -0.15) is 5.10 Å². The van der Waals surface area contributed by atoms with Crippen LogP contribution < -0.4 is 5.32 Å². The Bertz CT molecular complexity index is 521. The van der Waals surface area contributed by atoms with E-state index in [4.69, 9.17) is 0 Å². The zero-order valence-corrected chi connectivity index (χ0v) is 12.5. The second-order valence-corrected chi connectivity index (χ2v) is 5.83. The molecule has 1 N–H and O–H groups in total. The van der Waals surface area contributed by atoms with Gasteiger partial charge in [0.25, 0.3) is 0 Å².